The first-order valence-corrected chi connectivity index (χ1v) is 6.17. The highest BCUT2D eigenvalue weighted by Gasteiger charge is 2.15. The second-order valence-electron chi connectivity index (χ2n) is 4.06. The van der Waals surface area contributed by atoms with E-state index in [9.17, 15) is 5.11 Å². The Morgan fingerprint density at radius 2 is 1.82 bits per heavy atom. The van der Waals surface area contributed by atoms with Crippen LogP contribution in [0.2, 0.25) is 0 Å². The first kappa shape index (κ1) is 12.1. The molecule has 0 saturated carbocycles. The van der Waals surface area contributed by atoms with Crippen molar-refractivity contribution in [2.75, 3.05) is 5.73 Å². The standard InChI is InChI=1S/C14H14BrNO/c1-9-6-7-13(16)11(8-9)14(17)10-4-2-3-5-12(10)15/h2-8,14,17H,16H2,1H3. The first-order chi connectivity index (χ1) is 8.09. The predicted octanol–water partition coefficient (Wildman–Crippen LogP) is 3.42. The zero-order valence-electron chi connectivity index (χ0n) is 9.52. The van der Waals surface area contributed by atoms with E-state index in [1.807, 2.05) is 49.4 Å². The Hall–Kier alpha value is -1.32. The van der Waals surface area contributed by atoms with Crippen molar-refractivity contribution < 1.29 is 5.11 Å². The number of hydrogen-bond acceptors (Lipinski definition) is 2. The number of nitrogens with two attached hydrogens (primary N) is 1. The molecule has 0 aliphatic carbocycles. The maximum atomic E-state index is 10.4. The summed E-state index contributed by atoms with van der Waals surface area (Å²) < 4.78 is 0.883. The predicted molar refractivity (Wildman–Crippen MR) is 73.8 cm³/mol. The molecular weight excluding hydrogens is 278 g/mol. The van der Waals surface area contributed by atoms with Crippen molar-refractivity contribution in [1.29, 1.82) is 0 Å². The Morgan fingerprint density at radius 3 is 2.53 bits per heavy atom. The zero-order valence-corrected chi connectivity index (χ0v) is 11.1. The van der Waals surface area contributed by atoms with Crippen molar-refractivity contribution in [2.24, 2.45) is 0 Å². The summed E-state index contributed by atoms with van der Waals surface area (Å²) in [6, 6.07) is 13.3. The van der Waals surface area contributed by atoms with Gasteiger partial charge in [-0.2, -0.15) is 0 Å². The Bertz CT molecular complexity index is 539. The van der Waals surface area contributed by atoms with Gasteiger partial charge in [-0.15, -0.1) is 0 Å². The van der Waals surface area contributed by atoms with Crippen LogP contribution in [-0.2, 0) is 0 Å². The SMILES string of the molecule is Cc1ccc(N)c(C(O)c2ccccc2Br)c1. The highest BCUT2D eigenvalue weighted by molar-refractivity contribution is 9.10. The largest absolute Gasteiger partial charge is 0.398 e. The van der Waals surface area contributed by atoms with Crippen LogP contribution < -0.4 is 5.73 Å². The lowest BCUT2D eigenvalue weighted by Crippen LogP contribution is -2.04. The fraction of sp³-hybridized carbons (Fsp3) is 0.143. The number of aryl methyl sites for hydroxylation is 1. The van der Waals surface area contributed by atoms with Crippen LogP contribution in [0.4, 0.5) is 5.69 Å². The van der Waals surface area contributed by atoms with Gasteiger partial charge in [-0.3, -0.25) is 0 Å². The maximum Gasteiger partial charge on any atom is 0.107 e. The molecular formula is C14H14BrNO. The number of hydrogen-bond donors (Lipinski definition) is 2. The average Bonchev–Trinajstić information content (AvgIpc) is 2.32. The van der Waals surface area contributed by atoms with E-state index in [-0.39, 0.29) is 0 Å². The van der Waals surface area contributed by atoms with E-state index in [4.69, 9.17) is 5.73 Å². The van der Waals surface area contributed by atoms with Crippen molar-refractivity contribution in [3.63, 3.8) is 0 Å². The maximum absolute atomic E-state index is 10.4. The van der Waals surface area contributed by atoms with Gasteiger partial charge < -0.3 is 10.8 Å². The number of aliphatic hydroxyl groups is 1. The van der Waals surface area contributed by atoms with E-state index in [1.54, 1.807) is 0 Å². The average molecular weight is 292 g/mol. The van der Waals surface area contributed by atoms with Gasteiger partial charge in [0.05, 0.1) is 0 Å². The molecule has 2 aromatic rings. The number of benzene rings is 2. The van der Waals surface area contributed by atoms with Crippen molar-refractivity contribution in [1.82, 2.24) is 0 Å². The molecule has 0 amide bonds. The van der Waals surface area contributed by atoms with Gasteiger partial charge >= 0.3 is 0 Å². The topological polar surface area (TPSA) is 46.2 Å². The molecule has 17 heavy (non-hydrogen) atoms. The minimum absolute atomic E-state index is 0.610. The molecule has 3 heteroatoms. The van der Waals surface area contributed by atoms with Gasteiger partial charge in [0.15, 0.2) is 0 Å². The number of aliphatic hydroxyl groups excluding tert-OH is 1. The summed E-state index contributed by atoms with van der Waals surface area (Å²) in [5.41, 5.74) is 9.17. The van der Waals surface area contributed by atoms with E-state index in [1.165, 1.54) is 0 Å². The van der Waals surface area contributed by atoms with Crippen LogP contribution in [-0.4, -0.2) is 5.11 Å². The zero-order chi connectivity index (χ0) is 12.4. The molecule has 2 rings (SSSR count). The Morgan fingerprint density at radius 1 is 1.12 bits per heavy atom. The monoisotopic (exact) mass is 291 g/mol. The van der Waals surface area contributed by atoms with Crippen molar-refractivity contribution in [2.45, 2.75) is 13.0 Å². The molecule has 3 N–H and O–H groups in total. The fourth-order valence-corrected chi connectivity index (χ4v) is 2.30. The normalized spacial score (nSPS) is 12.4. The second kappa shape index (κ2) is 4.90. The Balaban J connectivity index is 2.47. The van der Waals surface area contributed by atoms with Crippen LogP contribution in [0.15, 0.2) is 46.9 Å². The van der Waals surface area contributed by atoms with Gasteiger partial charge in [0.2, 0.25) is 0 Å². The summed E-state index contributed by atoms with van der Waals surface area (Å²) in [5, 5.41) is 10.4. The van der Waals surface area contributed by atoms with Crippen LogP contribution in [0.1, 0.15) is 22.8 Å². The fourth-order valence-electron chi connectivity index (χ4n) is 1.80. The van der Waals surface area contributed by atoms with Gasteiger partial charge in [0.1, 0.15) is 6.10 Å². The molecule has 88 valence electrons. The first-order valence-electron chi connectivity index (χ1n) is 5.38. The minimum Gasteiger partial charge on any atom is -0.398 e. The molecule has 0 aliphatic heterocycles. The second-order valence-corrected chi connectivity index (χ2v) is 4.91. The summed E-state index contributed by atoms with van der Waals surface area (Å²) in [6.07, 6.45) is -0.703. The summed E-state index contributed by atoms with van der Waals surface area (Å²) >= 11 is 3.44. The van der Waals surface area contributed by atoms with Crippen molar-refractivity contribution >= 4 is 21.6 Å². The van der Waals surface area contributed by atoms with Gasteiger partial charge in [-0.25, -0.2) is 0 Å². The summed E-state index contributed by atoms with van der Waals surface area (Å²) in [7, 11) is 0. The summed E-state index contributed by atoms with van der Waals surface area (Å²) in [4.78, 5) is 0. The molecule has 0 radical (unpaired) electrons. The smallest absolute Gasteiger partial charge is 0.107 e. The highest BCUT2D eigenvalue weighted by Crippen LogP contribution is 2.31. The molecule has 0 spiro atoms. The molecule has 0 saturated heterocycles. The van der Waals surface area contributed by atoms with Crippen LogP contribution in [0.5, 0.6) is 0 Å². The molecule has 2 aromatic carbocycles. The van der Waals surface area contributed by atoms with Gasteiger partial charge in [-0.05, 0) is 24.6 Å². The quantitative estimate of drug-likeness (QED) is 0.833. The van der Waals surface area contributed by atoms with Gasteiger partial charge in [0.25, 0.3) is 0 Å². The van der Waals surface area contributed by atoms with Gasteiger partial charge in [0, 0.05) is 15.7 Å². The molecule has 0 fully saturated rings. The molecule has 0 aliphatic rings. The van der Waals surface area contributed by atoms with Crippen LogP contribution in [0, 0.1) is 6.92 Å². The van der Waals surface area contributed by atoms with Crippen molar-refractivity contribution in [3.05, 3.63) is 63.6 Å². The number of nitrogen functional groups attached to an aromatic ring is 1. The lowest BCUT2D eigenvalue weighted by Gasteiger charge is -2.16. The van der Waals surface area contributed by atoms with E-state index in [0.717, 1.165) is 21.2 Å². The summed E-state index contributed by atoms with van der Waals surface area (Å²) in [5.74, 6) is 0. The molecule has 1 unspecified atom stereocenters. The van der Waals surface area contributed by atoms with E-state index < -0.39 is 6.10 Å². The Kier molecular flexibility index (Phi) is 3.50. The minimum atomic E-state index is -0.703. The van der Waals surface area contributed by atoms with Crippen LogP contribution >= 0.6 is 15.9 Å². The Labute approximate surface area is 109 Å². The molecule has 0 heterocycles. The third-order valence-corrected chi connectivity index (χ3v) is 3.46. The highest BCUT2D eigenvalue weighted by atomic mass is 79.9. The molecule has 2 nitrogen and oxygen atoms in total. The van der Waals surface area contributed by atoms with E-state index in [2.05, 4.69) is 15.9 Å². The number of halogens is 1. The summed E-state index contributed by atoms with van der Waals surface area (Å²) in [6.45, 7) is 1.98. The lowest BCUT2D eigenvalue weighted by molar-refractivity contribution is 0.220. The number of anilines is 1. The van der Waals surface area contributed by atoms with Gasteiger partial charge in [-0.1, -0.05) is 51.8 Å². The third-order valence-electron chi connectivity index (χ3n) is 2.74. The molecule has 0 aromatic heterocycles. The number of rotatable bonds is 2. The van der Waals surface area contributed by atoms with Crippen molar-refractivity contribution in [3.8, 4) is 0 Å². The molecule has 1 atom stereocenters. The van der Waals surface area contributed by atoms with E-state index in [0.29, 0.717) is 5.69 Å². The third kappa shape index (κ3) is 2.51. The van der Waals surface area contributed by atoms with Crippen LogP contribution in [0.25, 0.3) is 0 Å². The van der Waals surface area contributed by atoms with E-state index >= 15 is 0 Å². The lowest BCUT2D eigenvalue weighted by atomic mass is 9.98. The van der Waals surface area contributed by atoms with Crippen LogP contribution in [0.3, 0.4) is 0 Å². The molecule has 0 bridgehead atoms.